The Hall–Kier alpha value is -1.79. The second-order valence-corrected chi connectivity index (χ2v) is 3.74. The van der Waals surface area contributed by atoms with Gasteiger partial charge in [0.05, 0.1) is 22.8 Å². The van der Waals surface area contributed by atoms with E-state index >= 15 is 0 Å². The maximum Gasteiger partial charge on any atom is 0.253 e. The highest BCUT2D eigenvalue weighted by Gasteiger charge is 2.15. The van der Waals surface area contributed by atoms with E-state index in [1.54, 1.807) is 12.1 Å². The minimum absolute atomic E-state index is 0.139. The Morgan fingerprint density at radius 2 is 2.12 bits per heavy atom. The molecule has 0 bridgehead atoms. The van der Waals surface area contributed by atoms with E-state index in [1.807, 2.05) is 0 Å². The lowest BCUT2D eigenvalue weighted by Gasteiger charge is -2.10. The first-order chi connectivity index (χ1) is 7.93. The number of hydrogen-bond donors (Lipinski definition) is 4. The number of amides is 2. The summed E-state index contributed by atoms with van der Waals surface area (Å²) in [5.74, 6) is -1.45. The molecule has 1 aromatic carbocycles. The Labute approximate surface area is 103 Å². The molecule has 0 radical (unpaired) electrons. The first-order valence-electron chi connectivity index (χ1n) is 4.73. The lowest BCUT2D eigenvalue weighted by atomic mass is 10.1. The summed E-state index contributed by atoms with van der Waals surface area (Å²) in [6.07, 6.45) is -1.43. The Kier molecular flexibility index (Phi) is 4.30. The second kappa shape index (κ2) is 5.51. The average molecular weight is 258 g/mol. The number of para-hydroxylation sites is 1. The van der Waals surface area contributed by atoms with Crippen molar-refractivity contribution in [3.8, 4) is 0 Å². The fourth-order valence-electron chi connectivity index (χ4n) is 1.12. The van der Waals surface area contributed by atoms with Crippen LogP contribution in [-0.2, 0) is 4.79 Å². The molecule has 1 atom stereocenters. The van der Waals surface area contributed by atoms with Gasteiger partial charge in [-0.15, -0.1) is 0 Å². The van der Waals surface area contributed by atoms with Crippen molar-refractivity contribution < 1.29 is 14.7 Å². The van der Waals surface area contributed by atoms with Crippen LogP contribution in [0.1, 0.15) is 10.4 Å². The van der Waals surface area contributed by atoms with E-state index in [9.17, 15) is 9.59 Å². The standard InChI is InChI=1S/C10H12ClN3O3/c11-6-3-1-2-5(8(6)12)10(17)14-4-7(15)9(13)16/h1-3,7,15H,4,12H2,(H2,13,16)(H,14,17). The minimum Gasteiger partial charge on any atom is -0.397 e. The number of halogens is 1. The van der Waals surface area contributed by atoms with Gasteiger partial charge in [-0.3, -0.25) is 9.59 Å². The molecule has 0 spiro atoms. The number of carbonyl (C=O) groups is 2. The summed E-state index contributed by atoms with van der Waals surface area (Å²) < 4.78 is 0. The van der Waals surface area contributed by atoms with Gasteiger partial charge in [0.2, 0.25) is 5.91 Å². The van der Waals surface area contributed by atoms with Gasteiger partial charge in [0.1, 0.15) is 6.10 Å². The second-order valence-electron chi connectivity index (χ2n) is 3.33. The number of rotatable bonds is 4. The van der Waals surface area contributed by atoms with Gasteiger partial charge < -0.3 is 21.9 Å². The molecule has 0 heterocycles. The zero-order valence-electron chi connectivity index (χ0n) is 8.81. The van der Waals surface area contributed by atoms with Crippen LogP contribution in [0.25, 0.3) is 0 Å². The van der Waals surface area contributed by atoms with Crippen LogP contribution in [0.3, 0.4) is 0 Å². The highest BCUT2D eigenvalue weighted by atomic mass is 35.5. The van der Waals surface area contributed by atoms with Crippen LogP contribution in [-0.4, -0.2) is 29.6 Å². The number of primary amides is 1. The largest absolute Gasteiger partial charge is 0.397 e. The summed E-state index contributed by atoms with van der Waals surface area (Å²) in [6, 6.07) is 4.59. The smallest absolute Gasteiger partial charge is 0.253 e. The van der Waals surface area contributed by atoms with Crippen molar-refractivity contribution in [1.29, 1.82) is 0 Å². The van der Waals surface area contributed by atoms with Gasteiger partial charge in [0.15, 0.2) is 0 Å². The third-order valence-electron chi connectivity index (χ3n) is 2.08. The van der Waals surface area contributed by atoms with Gasteiger partial charge in [-0.05, 0) is 12.1 Å². The van der Waals surface area contributed by atoms with Crippen LogP contribution in [0.2, 0.25) is 5.02 Å². The molecule has 1 rings (SSSR count). The molecule has 0 fully saturated rings. The predicted octanol–water partition coefficient (Wildman–Crippen LogP) is -0.502. The number of aliphatic hydroxyl groups excluding tert-OH is 1. The Bertz CT molecular complexity index is 450. The molecule has 0 saturated carbocycles. The Balaban J connectivity index is 2.71. The van der Waals surface area contributed by atoms with Gasteiger partial charge in [-0.25, -0.2) is 0 Å². The molecule has 1 aromatic rings. The summed E-state index contributed by atoms with van der Waals surface area (Å²) in [5.41, 5.74) is 10.7. The van der Waals surface area contributed by atoms with Crippen molar-refractivity contribution in [1.82, 2.24) is 5.32 Å². The SMILES string of the molecule is NC(=O)C(O)CNC(=O)c1cccc(Cl)c1N. The molecule has 6 N–H and O–H groups in total. The molecule has 2 amide bonds. The van der Waals surface area contributed by atoms with E-state index in [1.165, 1.54) is 6.07 Å². The summed E-state index contributed by atoms with van der Waals surface area (Å²) >= 11 is 5.74. The van der Waals surface area contributed by atoms with Crippen molar-refractivity contribution >= 4 is 29.1 Å². The van der Waals surface area contributed by atoms with E-state index in [2.05, 4.69) is 5.32 Å². The number of nitrogens with two attached hydrogens (primary N) is 2. The summed E-state index contributed by atoms with van der Waals surface area (Å²) in [7, 11) is 0. The zero-order chi connectivity index (χ0) is 13.0. The van der Waals surface area contributed by atoms with Gasteiger partial charge in [0, 0.05) is 0 Å². The number of carbonyl (C=O) groups excluding carboxylic acids is 2. The van der Waals surface area contributed by atoms with Crippen molar-refractivity contribution in [2.75, 3.05) is 12.3 Å². The molecule has 0 aliphatic heterocycles. The lowest BCUT2D eigenvalue weighted by Crippen LogP contribution is -2.40. The number of hydrogen-bond acceptors (Lipinski definition) is 4. The van der Waals surface area contributed by atoms with Gasteiger partial charge in [-0.2, -0.15) is 0 Å². The topological polar surface area (TPSA) is 118 Å². The molecular weight excluding hydrogens is 246 g/mol. The molecular formula is C10H12ClN3O3. The summed E-state index contributed by atoms with van der Waals surface area (Å²) in [4.78, 5) is 22.2. The highest BCUT2D eigenvalue weighted by Crippen LogP contribution is 2.21. The molecule has 0 aromatic heterocycles. The highest BCUT2D eigenvalue weighted by molar-refractivity contribution is 6.33. The van der Waals surface area contributed by atoms with Gasteiger partial charge in [-0.1, -0.05) is 17.7 Å². The van der Waals surface area contributed by atoms with Gasteiger partial charge >= 0.3 is 0 Å². The van der Waals surface area contributed by atoms with Crippen LogP contribution in [0, 0.1) is 0 Å². The van der Waals surface area contributed by atoms with E-state index in [0.717, 1.165) is 0 Å². The molecule has 1 unspecified atom stereocenters. The molecule has 7 heteroatoms. The normalized spacial score (nSPS) is 11.9. The first kappa shape index (κ1) is 13.3. The van der Waals surface area contributed by atoms with Gasteiger partial charge in [0.25, 0.3) is 5.91 Å². The van der Waals surface area contributed by atoms with Crippen LogP contribution in [0.15, 0.2) is 18.2 Å². The fourth-order valence-corrected chi connectivity index (χ4v) is 1.29. The van der Waals surface area contributed by atoms with E-state index in [4.69, 9.17) is 28.2 Å². The van der Waals surface area contributed by atoms with Crippen LogP contribution in [0.5, 0.6) is 0 Å². The third-order valence-corrected chi connectivity index (χ3v) is 2.41. The maximum absolute atomic E-state index is 11.6. The van der Waals surface area contributed by atoms with E-state index < -0.39 is 17.9 Å². The average Bonchev–Trinajstić information content (AvgIpc) is 2.29. The number of benzene rings is 1. The molecule has 92 valence electrons. The predicted molar refractivity (Wildman–Crippen MR) is 63.4 cm³/mol. The zero-order valence-corrected chi connectivity index (χ0v) is 9.57. The number of anilines is 1. The van der Waals surface area contributed by atoms with Crippen LogP contribution >= 0.6 is 11.6 Å². The van der Waals surface area contributed by atoms with Crippen molar-refractivity contribution in [2.24, 2.45) is 5.73 Å². The fraction of sp³-hybridized carbons (Fsp3) is 0.200. The van der Waals surface area contributed by atoms with Crippen molar-refractivity contribution in [2.45, 2.75) is 6.10 Å². The molecule has 0 saturated heterocycles. The Morgan fingerprint density at radius 3 is 2.71 bits per heavy atom. The lowest BCUT2D eigenvalue weighted by molar-refractivity contribution is -0.125. The van der Waals surface area contributed by atoms with E-state index in [0.29, 0.717) is 0 Å². The Morgan fingerprint density at radius 1 is 1.47 bits per heavy atom. The van der Waals surface area contributed by atoms with Crippen LogP contribution in [0.4, 0.5) is 5.69 Å². The molecule has 0 aliphatic rings. The number of aliphatic hydroxyl groups is 1. The van der Waals surface area contributed by atoms with E-state index in [-0.39, 0.29) is 22.8 Å². The monoisotopic (exact) mass is 257 g/mol. The minimum atomic E-state index is -1.43. The first-order valence-corrected chi connectivity index (χ1v) is 5.11. The van der Waals surface area contributed by atoms with Crippen molar-refractivity contribution in [3.63, 3.8) is 0 Å². The summed E-state index contributed by atoms with van der Waals surface area (Å²) in [5, 5.41) is 11.7. The number of nitrogen functional groups attached to an aromatic ring is 1. The molecule has 17 heavy (non-hydrogen) atoms. The van der Waals surface area contributed by atoms with Crippen molar-refractivity contribution in [3.05, 3.63) is 28.8 Å². The van der Waals surface area contributed by atoms with Crippen LogP contribution < -0.4 is 16.8 Å². The molecule has 6 nitrogen and oxygen atoms in total. The molecule has 0 aliphatic carbocycles. The third kappa shape index (κ3) is 3.33. The summed E-state index contributed by atoms with van der Waals surface area (Å²) in [6.45, 7) is -0.278. The quantitative estimate of drug-likeness (QED) is 0.544. The number of nitrogens with one attached hydrogen (secondary N) is 1. The maximum atomic E-state index is 11.6.